The van der Waals surface area contributed by atoms with Crippen molar-refractivity contribution in [1.82, 2.24) is 4.90 Å². The van der Waals surface area contributed by atoms with Crippen LogP contribution in [0.1, 0.15) is 36.3 Å². The second kappa shape index (κ2) is 4.06. The van der Waals surface area contributed by atoms with Gasteiger partial charge in [0.1, 0.15) is 0 Å². The Balaban J connectivity index is 1.89. The second-order valence-corrected chi connectivity index (χ2v) is 5.09. The number of carbonyl (C=O) groups excluding carboxylic acids is 1. The average Bonchev–Trinajstić information content (AvgIpc) is 2.94. The van der Waals surface area contributed by atoms with Crippen molar-refractivity contribution in [1.29, 1.82) is 0 Å². The number of carbonyl (C=O) groups is 1. The van der Waals surface area contributed by atoms with E-state index >= 15 is 0 Å². The molecule has 90 valence electrons. The first-order valence-electron chi connectivity index (χ1n) is 6.41. The highest BCUT2D eigenvalue weighted by Crippen LogP contribution is 2.40. The minimum Gasteiger partial charge on any atom is -0.351 e. The monoisotopic (exact) mass is 230 g/mol. The highest BCUT2D eigenvalue weighted by Gasteiger charge is 2.37. The molecule has 1 heterocycles. The number of likely N-dealkylation sites (tertiary alicyclic amines) is 1. The lowest BCUT2D eigenvalue weighted by atomic mass is 9.91. The van der Waals surface area contributed by atoms with E-state index in [0.717, 1.165) is 32.2 Å². The molecule has 1 aromatic rings. The topological polar surface area (TPSA) is 46.3 Å². The molecule has 1 saturated heterocycles. The smallest absolute Gasteiger partial charge is 0.315 e. The van der Waals surface area contributed by atoms with Crippen molar-refractivity contribution in [2.45, 2.75) is 37.6 Å². The van der Waals surface area contributed by atoms with Crippen molar-refractivity contribution in [2.24, 2.45) is 5.73 Å². The van der Waals surface area contributed by atoms with Crippen LogP contribution in [0.5, 0.6) is 0 Å². The molecule has 1 aromatic carbocycles. The molecule has 0 spiro atoms. The Morgan fingerprint density at radius 3 is 2.94 bits per heavy atom. The SMILES string of the molecule is NC(=O)N1CCCC1[C@@H]1CCc2ccccc21. The lowest BCUT2D eigenvalue weighted by Gasteiger charge is -2.28. The summed E-state index contributed by atoms with van der Waals surface area (Å²) in [5.74, 6) is 0.501. The number of hydrogen-bond donors (Lipinski definition) is 1. The Kier molecular flexibility index (Phi) is 2.54. The molecule has 0 radical (unpaired) electrons. The first-order chi connectivity index (χ1) is 8.27. The quantitative estimate of drug-likeness (QED) is 0.790. The van der Waals surface area contributed by atoms with Crippen LogP contribution in [0.3, 0.4) is 0 Å². The van der Waals surface area contributed by atoms with Crippen molar-refractivity contribution in [3.05, 3.63) is 35.4 Å². The molecular weight excluding hydrogens is 212 g/mol. The van der Waals surface area contributed by atoms with E-state index in [2.05, 4.69) is 24.3 Å². The summed E-state index contributed by atoms with van der Waals surface area (Å²) in [4.78, 5) is 13.3. The largest absolute Gasteiger partial charge is 0.351 e. The molecule has 2 atom stereocenters. The van der Waals surface area contributed by atoms with Crippen LogP contribution in [-0.2, 0) is 6.42 Å². The van der Waals surface area contributed by atoms with Crippen LogP contribution in [-0.4, -0.2) is 23.5 Å². The first-order valence-corrected chi connectivity index (χ1v) is 6.41. The minimum atomic E-state index is -0.253. The molecule has 2 amide bonds. The van der Waals surface area contributed by atoms with Gasteiger partial charge >= 0.3 is 6.03 Å². The normalized spacial score (nSPS) is 27.2. The standard InChI is InChI=1S/C14H18N2O/c15-14(17)16-9-3-6-13(16)12-8-7-10-4-1-2-5-11(10)12/h1-2,4-5,12-13H,3,6-9H2,(H2,15,17)/t12-,13?/m1/s1. The van der Waals surface area contributed by atoms with Crippen LogP contribution in [0, 0.1) is 0 Å². The van der Waals surface area contributed by atoms with Crippen LogP contribution in [0.4, 0.5) is 4.79 Å². The van der Waals surface area contributed by atoms with E-state index in [0.29, 0.717) is 12.0 Å². The summed E-state index contributed by atoms with van der Waals surface area (Å²) in [7, 11) is 0. The third-order valence-electron chi connectivity index (χ3n) is 4.23. The van der Waals surface area contributed by atoms with Gasteiger partial charge in [0.2, 0.25) is 0 Å². The predicted molar refractivity (Wildman–Crippen MR) is 66.8 cm³/mol. The fraction of sp³-hybridized carbons (Fsp3) is 0.500. The van der Waals surface area contributed by atoms with Crippen molar-refractivity contribution in [3.63, 3.8) is 0 Å². The lowest BCUT2D eigenvalue weighted by Crippen LogP contribution is -2.41. The number of hydrogen-bond acceptors (Lipinski definition) is 1. The first kappa shape index (κ1) is 10.6. The maximum atomic E-state index is 11.4. The van der Waals surface area contributed by atoms with Crippen molar-refractivity contribution >= 4 is 6.03 Å². The molecule has 17 heavy (non-hydrogen) atoms. The van der Waals surface area contributed by atoms with Crippen molar-refractivity contribution < 1.29 is 4.79 Å². The molecule has 3 heteroatoms. The number of aryl methyl sites for hydroxylation is 1. The molecule has 3 rings (SSSR count). The van der Waals surface area contributed by atoms with Gasteiger partial charge in [-0.25, -0.2) is 4.79 Å². The van der Waals surface area contributed by atoms with Crippen molar-refractivity contribution in [3.8, 4) is 0 Å². The van der Waals surface area contributed by atoms with Gasteiger partial charge in [-0.15, -0.1) is 0 Å². The van der Waals surface area contributed by atoms with E-state index in [1.165, 1.54) is 11.1 Å². The molecule has 1 fully saturated rings. The minimum absolute atomic E-state index is 0.253. The van der Waals surface area contributed by atoms with Crippen LogP contribution in [0.25, 0.3) is 0 Å². The van der Waals surface area contributed by atoms with E-state index < -0.39 is 0 Å². The Hall–Kier alpha value is -1.51. The summed E-state index contributed by atoms with van der Waals surface area (Å²) in [6.45, 7) is 0.832. The fourth-order valence-corrected chi connectivity index (χ4v) is 3.47. The number of rotatable bonds is 1. The second-order valence-electron chi connectivity index (χ2n) is 5.09. The summed E-state index contributed by atoms with van der Waals surface area (Å²) < 4.78 is 0. The summed E-state index contributed by atoms with van der Waals surface area (Å²) in [6.07, 6.45) is 4.49. The van der Waals surface area contributed by atoms with Gasteiger partial charge in [0.15, 0.2) is 0 Å². The molecule has 1 aliphatic heterocycles. The molecule has 3 nitrogen and oxygen atoms in total. The molecule has 1 aliphatic carbocycles. The van der Waals surface area contributed by atoms with Gasteiger partial charge in [0, 0.05) is 18.5 Å². The summed E-state index contributed by atoms with van der Waals surface area (Å²) in [5.41, 5.74) is 8.35. The van der Waals surface area contributed by atoms with Crippen LogP contribution < -0.4 is 5.73 Å². The van der Waals surface area contributed by atoms with Crippen molar-refractivity contribution in [2.75, 3.05) is 6.54 Å². The Morgan fingerprint density at radius 1 is 1.29 bits per heavy atom. The highest BCUT2D eigenvalue weighted by molar-refractivity contribution is 5.73. The van der Waals surface area contributed by atoms with E-state index in [9.17, 15) is 4.79 Å². The Morgan fingerprint density at radius 2 is 2.12 bits per heavy atom. The van der Waals surface area contributed by atoms with Gasteiger partial charge in [0.25, 0.3) is 0 Å². The number of nitrogens with zero attached hydrogens (tertiary/aromatic N) is 1. The number of amides is 2. The molecule has 0 aromatic heterocycles. The molecule has 2 aliphatic rings. The number of nitrogens with two attached hydrogens (primary N) is 1. The molecule has 2 N–H and O–H groups in total. The van der Waals surface area contributed by atoms with E-state index in [-0.39, 0.29) is 6.03 Å². The number of urea groups is 1. The third kappa shape index (κ3) is 1.70. The highest BCUT2D eigenvalue weighted by atomic mass is 16.2. The number of fused-ring (bicyclic) bond motifs is 1. The van der Waals surface area contributed by atoms with E-state index in [1.54, 1.807) is 0 Å². The van der Waals surface area contributed by atoms with Gasteiger partial charge in [-0.1, -0.05) is 24.3 Å². The van der Waals surface area contributed by atoms with Gasteiger partial charge < -0.3 is 10.6 Å². The van der Waals surface area contributed by atoms with Gasteiger partial charge in [-0.05, 0) is 36.8 Å². The summed E-state index contributed by atoms with van der Waals surface area (Å²) in [5, 5.41) is 0. The van der Waals surface area contributed by atoms with Crippen LogP contribution in [0.15, 0.2) is 24.3 Å². The van der Waals surface area contributed by atoms with E-state index in [1.807, 2.05) is 4.90 Å². The maximum absolute atomic E-state index is 11.4. The fourth-order valence-electron chi connectivity index (χ4n) is 3.47. The van der Waals surface area contributed by atoms with Gasteiger partial charge in [-0.2, -0.15) is 0 Å². The average molecular weight is 230 g/mol. The Bertz CT molecular complexity index is 444. The Labute approximate surface area is 102 Å². The lowest BCUT2D eigenvalue weighted by molar-refractivity contribution is 0.194. The molecular formula is C14H18N2O. The van der Waals surface area contributed by atoms with Crippen LogP contribution >= 0.6 is 0 Å². The molecule has 0 saturated carbocycles. The molecule has 0 bridgehead atoms. The van der Waals surface area contributed by atoms with Gasteiger partial charge in [-0.3, -0.25) is 0 Å². The number of primary amides is 1. The predicted octanol–water partition coefficient (Wildman–Crippen LogP) is 2.26. The van der Waals surface area contributed by atoms with Gasteiger partial charge in [0.05, 0.1) is 0 Å². The van der Waals surface area contributed by atoms with E-state index in [4.69, 9.17) is 5.73 Å². The summed E-state index contributed by atoms with van der Waals surface area (Å²) >= 11 is 0. The summed E-state index contributed by atoms with van der Waals surface area (Å²) in [6, 6.07) is 8.69. The van der Waals surface area contributed by atoms with Crippen LogP contribution in [0.2, 0.25) is 0 Å². The zero-order valence-corrected chi connectivity index (χ0v) is 9.93. The molecule has 1 unspecified atom stereocenters. The number of benzene rings is 1. The third-order valence-corrected chi connectivity index (χ3v) is 4.23. The zero-order valence-electron chi connectivity index (χ0n) is 9.93. The maximum Gasteiger partial charge on any atom is 0.315 e. The zero-order chi connectivity index (χ0) is 11.8.